The highest BCUT2D eigenvalue weighted by Gasteiger charge is 2.23. The predicted octanol–water partition coefficient (Wildman–Crippen LogP) is 2.33. The van der Waals surface area contributed by atoms with Crippen molar-refractivity contribution in [2.45, 2.75) is 46.1 Å². The van der Waals surface area contributed by atoms with Gasteiger partial charge in [0.25, 0.3) is 0 Å². The molecule has 0 aliphatic rings. The Kier molecular flexibility index (Phi) is 4.79. The van der Waals surface area contributed by atoms with Gasteiger partial charge in [-0.05, 0) is 25.5 Å². The summed E-state index contributed by atoms with van der Waals surface area (Å²) in [6.07, 6.45) is 4.50. The minimum Gasteiger partial charge on any atom is -0.339 e. The van der Waals surface area contributed by atoms with Crippen LogP contribution in [-0.4, -0.2) is 32.7 Å². The Labute approximate surface area is 119 Å². The minimum absolute atomic E-state index is 0.159. The average molecular weight is 275 g/mol. The minimum atomic E-state index is 0.159. The molecule has 2 unspecified atom stereocenters. The second kappa shape index (κ2) is 6.56. The molecule has 0 saturated heterocycles. The van der Waals surface area contributed by atoms with Crippen LogP contribution in [0.15, 0.2) is 16.9 Å². The Morgan fingerprint density at radius 3 is 2.50 bits per heavy atom. The number of aromatic nitrogens is 4. The SMILES string of the molecule is CCNC(CC)C(C)c1nc(-c2ncc(C)cn2)no1. The van der Waals surface area contributed by atoms with Crippen molar-refractivity contribution in [2.75, 3.05) is 6.54 Å². The summed E-state index contributed by atoms with van der Waals surface area (Å²) in [7, 11) is 0. The molecule has 0 spiro atoms. The van der Waals surface area contributed by atoms with E-state index in [0.717, 1.165) is 18.5 Å². The van der Waals surface area contributed by atoms with E-state index in [2.05, 4.69) is 46.2 Å². The number of hydrogen-bond donors (Lipinski definition) is 1. The lowest BCUT2D eigenvalue weighted by Crippen LogP contribution is -2.33. The van der Waals surface area contributed by atoms with Crippen LogP contribution in [0.5, 0.6) is 0 Å². The smallest absolute Gasteiger partial charge is 0.240 e. The summed E-state index contributed by atoms with van der Waals surface area (Å²) in [6, 6.07) is 0.326. The second-order valence-electron chi connectivity index (χ2n) is 4.90. The Balaban J connectivity index is 2.17. The molecule has 2 rings (SSSR count). The highest BCUT2D eigenvalue weighted by molar-refractivity contribution is 5.41. The summed E-state index contributed by atoms with van der Waals surface area (Å²) in [5.41, 5.74) is 1.00. The van der Waals surface area contributed by atoms with Crippen LogP contribution in [0, 0.1) is 6.92 Å². The van der Waals surface area contributed by atoms with Gasteiger partial charge in [-0.25, -0.2) is 9.97 Å². The summed E-state index contributed by atoms with van der Waals surface area (Å²) in [6.45, 7) is 9.18. The zero-order chi connectivity index (χ0) is 14.5. The third-order valence-electron chi connectivity index (χ3n) is 3.32. The van der Waals surface area contributed by atoms with Crippen molar-refractivity contribution in [1.29, 1.82) is 0 Å². The van der Waals surface area contributed by atoms with E-state index in [1.807, 2.05) is 6.92 Å². The van der Waals surface area contributed by atoms with Gasteiger partial charge >= 0.3 is 0 Å². The van der Waals surface area contributed by atoms with Crippen molar-refractivity contribution in [2.24, 2.45) is 0 Å². The van der Waals surface area contributed by atoms with Crippen molar-refractivity contribution < 1.29 is 4.52 Å². The Morgan fingerprint density at radius 2 is 1.90 bits per heavy atom. The molecule has 2 heterocycles. The van der Waals surface area contributed by atoms with E-state index in [1.54, 1.807) is 12.4 Å². The first-order valence-corrected chi connectivity index (χ1v) is 7.01. The highest BCUT2D eigenvalue weighted by atomic mass is 16.5. The molecule has 20 heavy (non-hydrogen) atoms. The van der Waals surface area contributed by atoms with Crippen LogP contribution in [0.3, 0.4) is 0 Å². The van der Waals surface area contributed by atoms with Crippen LogP contribution in [0.2, 0.25) is 0 Å². The molecule has 6 heteroatoms. The summed E-state index contributed by atoms with van der Waals surface area (Å²) in [5.74, 6) is 1.72. The van der Waals surface area contributed by atoms with Crippen LogP contribution in [0.1, 0.15) is 44.6 Å². The van der Waals surface area contributed by atoms with E-state index in [0.29, 0.717) is 23.6 Å². The van der Waals surface area contributed by atoms with E-state index in [9.17, 15) is 0 Å². The van der Waals surface area contributed by atoms with Crippen molar-refractivity contribution in [3.05, 3.63) is 23.8 Å². The molecule has 0 radical (unpaired) electrons. The molecule has 1 N–H and O–H groups in total. The van der Waals surface area contributed by atoms with Gasteiger partial charge in [0.2, 0.25) is 17.5 Å². The standard InChI is InChI=1S/C14H21N5O/c1-5-11(15-6-2)10(4)14-18-13(19-20-14)12-16-7-9(3)8-17-12/h7-8,10-11,15H,5-6H2,1-4H3. The first kappa shape index (κ1) is 14.6. The summed E-state index contributed by atoms with van der Waals surface area (Å²) < 4.78 is 5.36. The lowest BCUT2D eigenvalue weighted by atomic mass is 9.99. The number of aryl methyl sites for hydroxylation is 1. The molecule has 2 aromatic rings. The van der Waals surface area contributed by atoms with Crippen molar-refractivity contribution in [3.63, 3.8) is 0 Å². The first-order valence-electron chi connectivity index (χ1n) is 7.01. The zero-order valence-electron chi connectivity index (χ0n) is 12.4. The number of nitrogens with zero attached hydrogens (tertiary/aromatic N) is 4. The van der Waals surface area contributed by atoms with Crippen molar-refractivity contribution in [1.82, 2.24) is 25.4 Å². The Hall–Kier alpha value is -1.82. The molecule has 2 aromatic heterocycles. The van der Waals surface area contributed by atoms with E-state index < -0.39 is 0 Å². The number of hydrogen-bond acceptors (Lipinski definition) is 6. The fourth-order valence-electron chi connectivity index (χ4n) is 2.13. The van der Waals surface area contributed by atoms with Crippen LogP contribution >= 0.6 is 0 Å². The van der Waals surface area contributed by atoms with Crippen molar-refractivity contribution >= 4 is 0 Å². The molecule has 0 fully saturated rings. The largest absolute Gasteiger partial charge is 0.339 e. The molecule has 0 aromatic carbocycles. The lowest BCUT2D eigenvalue weighted by Gasteiger charge is -2.20. The number of likely N-dealkylation sites (N-methyl/N-ethyl adjacent to an activating group) is 1. The van der Waals surface area contributed by atoms with Gasteiger partial charge in [0, 0.05) is 18.4 Å². The van der Waals surface area contributed by atoms with E-state index in [4.69, 9.17) is 4.52 Å². The van der Waals surface area contributed by atoms with Gasteiger partial charge in [0.05, 0.1) is 5.92 Å². The fraction of sp³-hybridized carbons (Fsp3) is 0.571. The molecule has 0 bridgehead atoms. The topological polar surface area (TPSA) is 76.7 Å². The third kappa shape index (κ3) is 3.19. The van der Waals surface area contributed by atoms with Crippen molar-refractivity contribution in [3.8, 4) is 11.6 Å². The first-order chi connectivity index (χ1) is 9.65. The number of rotatable bonds is 6. The Bertz CT molecular complexity index is 537. The highest BCUT2D eigenvalue weighted by Crippen LogP contribution is 2.21. The van der Waals surface area contributed by atoms with Gasteiger partial charge < -0.3 is 9.84 Å². The monoisotopic (exact) mass is 275 g/mol. The molecule has 2 atom stereocenters. The maximum absolute atomic E-state index is 5.36. The van der Waals surface area contributed by atoms with E-state index in [-0.39, 0.29) is 5.92 Å². The molecule has 0 saturated carbocycles. The molecular weight excluding hydrogens is 254 g/mol. The van der Waals surface area contributed by atoms with Crippen LogP contribution in [0.4, 0.5) is 0 Å². The molecule has 0 aliphatic carbocycles. The van der Waals surface area contributed by atoms with Gasteiger partial charge in [-0.3, -0.25) is 0 Å². The van der Waals surface area contributed by atoms with Crippen LogP contribution in [-0.2, 0) is 0 Å². The van der Waals surface area contributed by atoms with E-state index >= 15 is 0 Å². The number of nitrogens with one attached hydrogen (secondary N) is 1. The molecule has 0 aliphatic heterocycles. The molecular formula is C14H21N5O. The summed E-state index contributed by atoms with van der Waals surface area (Å²) in [4.78, 5) is 12.8. The molecule has 6 nitrogen and oxygen atoms in total. The maximum atomic E-state index is 5.36. The zero-order valence-corrected chi connectivity index (χ0v) is 12.4. The summed E-state index contributed by atoms with van der Waals surface area (Å²) in [5, 5.41) is 7.40. The van der Waals surface area contributed by atoms with Gasteiger partial charge in [-0.15, -0.1) is 0 Å². The lowest BCUT2D eigenvalue weighted by molar-refractivity contribution is 0.321. The van der Waals surface area contributed by atoms with Crippen LogP contribution < -0.4 is 5.32 Å². The molecule has 108 valence electrons. The summed E-state index contributed by atoms with van der Waals surface area (Å²) >= 11 is 0. The fourth-order valence-corrected chi connectivity index (χ4v) is 2.13. The van der Waals surface area contributed by atoms with Gasteiger partial charge in [0.1, 0.15) is 0 Å². The van der Waals surface area contributed by atoms with E-state index in [1.165, 1.54) is 0 Å². The van der Waals surface area contributed by atoms with Gasteiger partial charge in [-0.2, -0.15) is 4.98 Å². The maximum Gasteiger partial charge on any atom is 0.240 e. The Morgan fingerprint density at radius 1 is 1.20 bits per heavy atom. The quantitative estimate of drug-likeness (QED) is 0.872. The van der Waals surface area contributed by atoms with Gasteiger partial charge in [-0.1, -0.05) is 25.9 Å². The average Bonchev–Trinajstić information content (AvgIpc) is 2.94. The predicted molar refractivity (Wildman–Crippen MR) is 76.2 cm³/mol. The van der Waals surface area contributed by atoms with Crippen LogP contribution in [0.25, 0.3) is 11.6 Å². The third-order valence-corrected chi connectivity index (χ3v) is 3.32. The second-order valence-corrected chi connectivity index (χ2v) is 4.90. The normalized spacial score (nSPS) is 14.2. The van der Waals surface area contributed by atoms with Gasteiger partial charge in [0.15, 0.2) is 0 Å². The molecule has 0 amide bonds.